The maximum Gasteiger partial charge on any atom is 0.194 e. The Morgan fingerprint density at radius 1 is 1.73 bits per heavy atom. The molecule has 0 saturated carbocycles. The summed E-state index contributed by atoms with van der Waals surface area (Å²) >= 11 is 0. The summed E-state index contributed by atoms with van der Waals surface area (Å²) < 4.78 is 5.46. The van der Waals surface area contributed by atoms with Crippen molar-refractivity contribution in [2.24, 2.45) is 11.7 Å². The first-order valence-electron chi connectivity index (χ1n) is 5.64. The lowest BCUT2D eigenvalue weighted by Crippen LogP contribution is -2.11. The zero-order valence-corrected chi connectivity index (χ0v) is 9.20. The highest BCUT2D eigenvalue weighted by Gasteiger charge is 2.18. The number of nitrogens with two attached hydrogens (primary N) is 1. The Morgan fingerprint density at radius 3 is 3.27 bits per heavy atom. The number of nitrogens with zero attached hydrogens (tertiary/aromatic N) is 1. The number of hydrogen-bond acceptors (Lipinski definition) is 4. The molecule has 15 heavy (non-hydrogen) atoms. The molecule has 0 radical (unpaired) electrons. The zero-order valence-electron chi connectivity index (χ0n) is 9.20. The molecule has 0 spiro atoms. The molecule has 84 valence electrons. The quantitative estimate of drug-likeness (QED) is 0.773. The van der Waals surface area contributed by atoms with Crippen molar-refractivity contribution in [1.29, 1.82) is 0 Å². The van der Waals surface area contributed by atoms with Gasteiger partial charge in [-0.3, -0.25) is 0 Å². The fourth-order valence-electron chi connectivity index (χ4n) is 1.90. The molecule has 2 atom stereocenters. The van der Waals surface area contributed by atoms with E-state index in [9.17, 15) is 0 Å². The van der Waals surface area contributed by atoms with Gasteiger partial charge < -0.3 is 15.5 Å². The lowest BCUT2D eigenvalue weighted by Gasteiger charge is -2.03. The van der Waals surface area contributed by atoms with Crippen molar-refractivity contribution in [2.75, 3.05) is 19.6 Å². The number of hydrogen-bond donors (Lipinski definition) is 2. The third kappa shape index (κ3) is 2.58. The number of aromatic nitrogens is 1. The van der Waals surface area contributed by atoms with Crippen LogP contribution < -0.4 is 11.1 Å². The van der Waals surface area contributed by atoms with Crippen molar-refractivity contribution >= 4 is 0 Å². The van der Waals surface area contributed by atoms with Crippen LogP contribution >= 0.6 is 0 Å². The van der Waals surface area contributed by atoms with Gasteiger partial charge in [0.1, 0.15) is 6.26 Å². The fourth-order valence-corrected chi connectivity index (χ4v) is 1.90. The molecule has 1 fully saturated rings. The Morgan fingerprint density at radius 2 is 2.60 bits per heavy atom. The largest absolute Gasteiger partial charge is 0.449 e. The van der Waals surface area contributed by atoms with Gasteiger partial charge in [0.2, 0.25) is 0 Å². The molecule has 0 aliphatic carbocycles. The lowest BCUT2D eigenvalue weighted by molar-refractivity contribution is 0.442. The van der Waals surface area contributed by atoms with Crippen LogP contribution in [-0.4, -0.2) is 24.6 Å². The Hall–Kier alpha value is -0.870. The van der Waals surface area contributed by atoms with E-state index >= 15 is 0 Å². The van der Waals surface area contributed by atoms with E-state index in [1.807, 2.05) is 0 Å². The maximum atomic E-state index is 5.59. The minimum Gasteiger partial charge on any atom is -0.449 e. The molecule has 1 aromatic heterocycles. The molecule has 1 saturated heterocycles. The third-order valence-electron chi connectivity index (χ3n) is 3.05. The Kier molecular flexibility index (Phi) is 3.38. The molecule has 3 N–H and O–H groups in total. The summed E-state index contributed by atoms with van der Waals surface area (Å²) in [6.45, 7) is 4.90. The summed E-state index contributed by atoms with van der Waals surface area (Å²) in [5, 5.41) is 3.34. The van der Waals surface area contributed by atoms with Gasteiger partial charge in [-0.05, 0) is 25.4 Å². The van der Waals surface area contributed by atoms with Crippen LogP contribution in [0.3, 0.4) is 0 Å². The van der Waals surface area contributed by atoms with Crippen LogP contribution in [0.15, 0.2) is 10.7 Å². The molecule has 2 rings (SSSR count). The van der Waals surface area contributed by atoms with Crippen molar-refractivity contribution in [3.8, 4) is 0 Å². The first-order valence-corrected chi connectivity index (χ1v) is 5.64. The van der Waals surface area contributed by atoms with Crippen LogP contribution in [0.2, 0.25) is 0 Å². The average molecular weight is 209 g/mol. The van der Waals surface area contributed by atoms with E-state index in [2.05, 4.69) is 17.2 Å². The smallest absolute Gasteiger partial charge is 0.194 e. The van der Waals surface area contributed by atoms with Crippen LogP contribution in [0.4, 0.5) is 0 Å². The van der Waals surface area contributed by atoms with Crippen LogP contribution in [0.25, 0.3) is 0 Å². The first-order chi connectivity index (χ1) is 7.29. The normalized spacial score (nSPS) is 23.2. The van der Waals surface area contributed by atoms with Gasteiger partial charge in [-0.1, -0.05) is 6.92 Å². The van der Waals surface area contributed by atoms with Crippen molar-refractivity contribution in [2.45, 2.75) is 25.7 Å². The zero-order chi connectivity index (χ0) is 10.7. The first kappa shape index (κ1) is 10.6. The third-order valence-corrected chi connectivity index (χ3v) is 3.05. The molecule has 2 unspecified atom stereocenters. The summed E-state index contributed by atoms with van der Waals surface area (Å²) in [5.74, 6) is 1.84. The van der Waals surface area contributed by atoms with Crippen LogP contribution in [0, 0.1) is 5.92 Å². The summed E-state index contributed by atoms with van der Waals surface area (Å²) in [6, 6.07) is 0. The van der Waals surface area contributed by atoms with Gasteiger partial charge in [0.15, 0.2) is 5.89 Å². The molecular formula is C11H19N3O. The highest BCUT2D eigenvalue weighted by atomic mass is 16.3. The van der Waals surface area contributed by atoms with Crippen molar-refractivity contribution in [3.63, 3.8) is 0 Å². The van der Waals surface area contributed by atoms with E-state index in [1.54, 1.807) is 6.26 Å². The van der Waals surface area contributed by atoms with Crippen LogP contribution in [0.5, 0.6) is 0 Å². The molecule has 1 aliphatic heterocycles. The van der Waals surface area contributed by atoms with Gasteiger partial charge in [0.05, 0.1) is 5.69 Å². The molecule has 0 bridgehead atoms. The summed E-state index contributed by atoms with van der Waals surface area (Å²) in [7, 11) is 0. The van der Waals surface area contributed by atoms with Crippen molar-refractivity contribution in [3.05, 3.63) is 17.8 Å². The number of rotatable bonds is 4. The minimum atomic E-state index is 0.296. The Bertz CT molecular complexity index is 305. The second kappa shape index (κ2) is 4.77. The SMILES string of the molecule is CC(CN)c1coc(CC2CCNC2)n1. The van der Waals surface area contributed by atoms with E-state index in [1.165, 1.54) is 6.42 Å². The number of nitrogens with one attached hydrogen (secondary N) is 1. The standard InChI is InChI=1S/C11H19N3O/c1-8(5-12)10-7-15-11(14-10)4-9-2-3-13-6-9/h7-9,13H,2-6,12H2,1H3. The van der Waals surface area contributed by atoms with Crippen molar-refractivity contribution in [1.82, 2.24) is 10.3 Å². The van der Waals surface area contributed by atoms with Crippen LogP contribution in [-0.2, 0) is 6.42 Å². The monoisotopic (exact) mass is 209 g/mol. The molecule has 1 aromatic rings. The molecule has 0 aromatic carbocycles. The van der Waals surface area contributed by atoms with E-state index in [-0.39, 0.29) is 0 Å². The van der Waals surface area contributed by atoms with E-state index in [0.29, 0.717) is 18.4 Å². The van der Waals surface area contributed by atoms with Gasteiger partial charge in [-0.15, -0.1) is 0 Å². The summed E-state index contributed by atoms with van der Waals surface area (Å²) in [5.41, 5.74) is 6.57. The molecular weight excluding hydrogens is 190 g/mol. The van der Waals surface area contributed by atoms with Gasteiger partial charge >= 0.3 is 0 Å². The second-order valence-corrected chi connectivity index (χ2v) is 4.37. The molecule has 4 heteroatoms. The summed E-state index contributed by atoms with van der Waals surface area (Å²) in [6.07, 6.45) is 3.92. The molecule has 1 aliphatic rings. The second-order valence-electron chi connectivity index (χ2n) is 4.37. The van der Waals surface area contributed by atoms with E-state index < -0.39 is 0 Å². The van der Waals surface area contributed by atoms with Gasteiger partial charge in [-0.25, -0.2) is 4.98 Å². The predicted octanol–water partition coefficient (Wildman–Crippen LogP) is 0.889. The maximum absolute atomic E-state index is 5.59. The predicted molar refractivity (Wildman–Crippen MR) is 58.7 cm³/mol. The number of oxazole rings is 1. The van der Waals surface area contributed by atoms with Crippen molar-refractivity contribution < 1.29 is 4.42 Å². The molecule has 4 nitrogen and oxygen atoms in total. The highest BCUT2D eigenvalue weighted by Crippen LogP contribution is 2.18. The molecule has 0 amide bonds. The summed E-state index contributed by atoms with van der Waals surface area (Å²) in [4.78, 5) is 4.47. The van der Waals surface area contributed by atoms with Gasteiger partial charge in [0.25, 0.3) is 0 Å². The van der Waals surface area contributed by atoms with E-state index in [4.69, 9.17) is 10.2 Å². The minimum absolute atomic E-state index is 0.296. The average Bonchev–Trinajstić information content (AvgIpc) is 2.88. The topological polar surface area (TPSA) is 64.1 Å². The van der Waals surface area contributed by atoms with Crippen LogP contribution in [0.1, 0.15) is 30.8 Å². The highest BCUT2D eigenvalue weighted by molar-refractivity contribution is 5.04. The Balaban J connectivity index is 1.94. The van der Waals surface area contributed by atoms with E-state index in [0.717, 1.165) is 31.1 Å². The fraction of sp³-hybridized carbons (Fsp3) is 0.727. The van der Waals surface area contributed by atoms with Gasteiger partial charge in [0, 0.05) is 18.9 Å². The lowest BCUT2D eigenvalue weighted by atomic mass is 10.1. The van der Waals surface area contributed by atoms with Gasteiger partial charge in [-0.2, -0.15) is 0 Å². The molecule has 2 heterocycles. The Labute approximate surface area is 90.2 Å².